The topological polar surface area (TPSA) is 84.0 Å². The number of rotatable bonds is 7. The molecule has 1 aliphatic rings. The molecule has 7 heteroatoms. The van der Waals surface area contributed by atoms with Gasteiger partial charge in [0.1, 0.15) is 16.5 Å². The SMILES string of the molecule is Cc1cccnc1NC(=O)c1csc([C@H](CC(C)C)NC(=O)C2CCCC2)n1. The van der Waals surface area contributed by atoms with E-state index in [0.717, 1.165) is 42.7 Å². The van der Waals surface area contributed by atoms with Crippen molar-refractivity contribution in [3.05, 3.63) is 40.0 Å². The van der Waals surface area contributed by atoms with Crippen LogP contribution in [-0.2, 0) is 4.79 Å². The highest BCUT2D eigenvalue weighted by Gasteiger charge is 2.27. The number of pyridine rings is 1. The van der Waals surface area contributed by atoms with Gasteiger partial charge in [0.15, 0.2) is 0 Å². The second-order valence-electron chi connectivity index (χ2n) is 7.87. The van der Waals surface area contributed by atoms with Crippen molar-refractivity contribution < 1.29 is 9.59 Å². The molecule has 1 fully saturated rings. The van der Waals surface area contributed by atoms with E-state index in [0.29, 0.717) is 17.4 Å². The van der Waals surface area contributed by atoms with Crippen LogP contribution in [0.5, 0.6) is 0 Å². The van der Waals surface area contributed by atoms with Gasteiger partial charge in [-0.05, 0) is 43.7 Å². The van der Waals surface area contributed by atoms with Crippen molar-refractivity contribution in [3.63, 3.8) is 0 Å². The van der Waals surface area contributed by atoms with E-state index in [1.807, 2.05) is 19.1 Å². The van der Waals surface area contributed by atoms with E-state index >= 15 is 0 Å². The molecule has 0 saturated heterocycles. The molecule has 0 spiro atoms. The molecule has 150 valence electrons. The molecule has 1 saturated carbocycles. The van der Waals surface area contributed by atoms with Gasteiger partial charge in [0, 0.05) is 17.5 Å². The number of amides is 2. The van der Waals surface area contributed by atoms with Gasteiger partial charge < -0.3 is 10.6 Å². The normalized spacial score (nSPS) is 15.6. The number of hydrogen-bond acceptors (Lipinski definition) is 5. The standard InChI is InChI=1S/C21H28N4O2S/c1-13(2)11-16(23-19(26)15-8-4-5-9-15)21-24-17(12-28-21)20(27)25-18-14(3)7-6-10-22-18/h6-7,10,12-13,15-16H,4-5,8-9,11H2,1-3H3,(H,23,26)(H,22,25,27)/t16-/m0/s1. The highest BCUT2D eigenvalue weighted by Crippen LogP contribution is 2.29. The first-order valence-electron chi connectivity index (χ1n) is 9.92. The van der Waals surface area contributed by atoms with Gasteiger partial charge in [0.25, 0.3) is 5.91 Å². The van der Waals surface area contributed by atoms with E-state index in [2.05, 4.69) is 34.4 Å². The van der Waals surface area contributed by atoms with Crippen LogP contribution in [0.15, 0.2) is 23.7 Å². The monoisotopic (exact) mass is 400 g/mol. The first-order chi connectivity index (χ1) is 13.4. The van der Waals surface area contributed by atoms with E-state index in [4.69, 9.17) is 0 Å². The Hall–Kier alpha value is -2.28. The molecule has 6 nitrogen and oxygen atoms in total. The lowest BCUT2D eigenvalue weighted by atomic mass is 10.0. The average Bonchev–Trinajstić information content (AvgIpc) is 3.35. The van der Waals surface area contributed by atoms with Crippen LogP contribution < -0.4 is 10.6 Å². The molecule has 28 heavy (non-hydrogen) atoms. The molecule has 0 bridgehead atoms. The van der Waals surface area contributed by atoms with Crippen LogP contribution in [-0.4, -0.2) is 21.8 Å². The molecule has 0 aromatic carbocycles. The largest absolute Gasteiger partial charge is 0.347 e. The van der Waals surface area contributed by atoms with Gasteiger partial charge in [0.2, 0.25) is 5.91 Å². The Bertz CT molecular complexity index is 827. The van der Waals surface area contributed by atoms with Crippen molar-refractivity contribution in [1.29, 1.82) is 0 Å². The van der Waals surface area contributed by atoms with Crippen LogP contribution in [0.25, 0.3) is 0 Å². The molecular formula is C21H28N4O2S. The summed E-state index contributed by atoms with van der Waals surface area (Å²) in [5.41, 5.74) is 1.25. The summed E-state index contributed by atoms with van der Waals surface area (Å²) in [5.74, 6) is 0.897. The number of thiazole rings is 1. The molecule has 0 radical (unpaired) electrons. The van der Waals surface area contributed by atoms with Gasteiger partial charge in [0.05, 0.1) is 6.04 Å². The van der Waals surface area contributed by atoms with Gasteiger partial charge in [-0.1, -0.05) is 32.8 Å². The fraction of sp³-hybridized carbons (Fsp3) is 0.524. The maximum absolute atomic E-state index is 12.6. The first-order valence-corrected chi connectivity index (χ1v) is 10.8. The van der Waals surface area contributed by atoms with E-state index in [-0.39, 0.29) is 23.8 Å². The summed E-state index contributed by atoms with van der Waals surface area (Å²) in [6.07, 6.45) is 6.63. The van der Waals surface area contributed by atoms with Crippen LogP contribution in [0.1, 0.15) is 73.1 Å². The molecule has 1 atom stereocenters. The summed E-state index contributed by atoms with van der Waals surface area (Å²) in [6.45, 7) is 6.14. The minimum atomic E-state index is -0.283. The molecule has 2 N–H and O–H groups in total. The van der Waals surface area contributed by atoms with Crippen LogP contribution >= 0.6 is 11.3 Å². The lowest BCUT2D eigenvalue weighted by molar-refractivity contribution is -0.125. The van der Waals surface area contributed by atoms with Crippen LogP contribution in [0, 0.1) is 18.8 Å². The fourth-order valence-corrected chi connectivity index (χ4v) is 4.37. The van der Waals surface area contributed by atoms with Crippen molar-refractivity contribution in [2.45, 2.75) is 58.9 Å². The molecule has 1 aliphatic carbocycles. The molecule has 3 rings (SSSR count). The Balaban J connectivity index is 1.71. The first kappa shape index (κ1) is 20.5. The Morgan fingerprint density at radius 1 is 1.29 bits per heavy atom. The van der Waals surface area contributed by atoms with E-state index in [9.17, 15) is 9.59 Å². The molecule has 2 heterocycles. The van der Waals surface area contributed by atoms with E-state index in [1.54, 1.807) is 11.6 Å². The number of aromatic nitrogens is 2. The summed E-state index contributed by atoms with van der Waals surface area (Å²) in [6, 6.07) is 3.57. The molecule has 2 amide bonds. The molecule has 2 aromatic rings. The van der Waals surface area contributed by atoms with E-state index in [1.165, 1.54) is 11.3 Å². The van der Waals surface area contributed by atoms with Gasteiger partial charge in [-0.3, -0.25) is 9.59 Å². The van der Waals surface area contributed by atoms with Crippen molar-refractivity contribution >= 4 is 29.0 Å². The van der Waals surface area contributed by atoms with Gasteiger partial charge >= 0.3 is 0 Å². The van der Waals surface area contributed by atoms with Crippen molar-refractivity contribution in [2.75, 3.05) is 5.32 Å². The number of carbonyl (C=O) groups is 2. The number of nitrogens with one attached hydrogen (secondary N) is 2. The Morgan fingerprint density at radius 3 is 2.71 bits per heavy atom. The summed E-state index contributed by atoms with van der Waals surface area (Å²) in [7, 11) is 0. The maximum atomic E-state index is 12.6. The number of nitrogens with zero attached hydrogens (tertiary/aromatic N) is 2. The lowest BCUT2D eigenvalue weighted by Gasteiger charge is -2.20. The lowest BCUT2D eigenvalue weighted by Crippen LogP contribution is -2.33. The minimum Gasteiger partial charge on any atom is -0.347 e. The number of anilines is 1. The predicted octanol–water partition coefficient (Wildman–Crippen LogP) is 4.49. The fourth-order valence-electron chi connectivity index (χ4n) is 3.51. The minimum absolute atomic E-state index is 0.115. The predicted molar refractivity (Wildman–Crippen MR) is 111 cm³/mol. The van der Waals surface area contributed by atoms with Gasteiger partial charge in [-0.2, -0.15) is 0 Å². The van der Waals surface area contributed by atoms with Crippen LogP contribution in [0.2, 0.25) is 0 Å². The average molecular weight is 401 g/mol. The van der Waals surface area contributed by atoms with Crippen molar-refractivity contribution in [3.8, 4) is 0 Å². The highest BCUT2D eigenvalue weighted by atomic mass is 32.1. The Morgan fingerprint density at radius 2 is 2.04 bits per heavy atom. The van der Waals surface area contributed by atoms with Gasteiger partial charge in [-0.15, -0.1) is 11.3 Å². The van der Waals surface area contributed by atoms with Crippen LogP contribution in [0.3, 0.4) is 0 Å². The summed E-state index contributed by atoms with van der Waals surface area (Å²) in [4.78, 5) is 33.9. The van der Waals surface area contributed by atoms with Crippen LogP contribution in [0.4, 0.5) is 5.82 Å². The molecule has 0 unspecified atom stereocenters. The number of aryl methyl sites for hydroxylation is 1. The Labute approximate surface area is 170 Å². The molecular weight excluding hydrogens is 372 g/mol. The van der Waals surface area contributed by atoms with Gasteiger partial charge in [-0.25, -0.2) is 9.97 Å². The molecule has 0 aliphatic heterocycles. The Kier molecular flexibility index (Phi) is 6.78. The second kappa shape index (κ2) is 9.28. The quantitative estimate of drug-likeness (QED) is 0.717. The highest BCUT2D eigenvalue weighted by molar-refractivity contribution is 7.10. The van der Waals surface area contributed by atoms with Crippen molar-refractivity contribution in [1.82, 2.24) is 15.3 Å². The van der Waals surface area contributed by atoms with Crippen molar-refractivity contribution in [2.24, 2.45) is 11.8 Å². The maximum Gasteiger partial charge on any atom is 0.276 e. The third-order valence-electron chi connectivity index (χ3n) is 5.04. The molecule has 2 aromatic heterocycles. The van der Waals surface area contributed by atoms with E-state index < -0.39 is 0 Å². The summed E-state index contributed by atoms with van der Waals surface area (Å²) >= 11 is 1.42. The zero-order chi connectivity index (χ0) is 20.1. The zero-order valence-electron chi connectivity index (χ0n) is 16.7. The third-order valence-corrected chi connectivity index (χ3v) is 6.00. The summed E-state index contributed by atoms with van der Waals surface area (Å²) < 4.78 is 0. The third kappa shape index (κ3) is 5.16. The zero-order valence-corrected chi connectivity index (χ0v) is 17.5. The second-order valence-corrected chi connectivity index (χ2v) is 8.76. The number of hydrogen-bond donors (Lipinski definition) is 2. The smallest absolute Gasteiger partial charge is 0.276 e. The number of carbonyl (C=O) groups excluding carboxylic acids is 2. The summed E-state index contributed by atoms with van der Waals surface area (Å²) in [5, 5.41) is 8.52.